The zero-order valence-electron chi connectivity index (χ0n) is 24.1. The van der Waals surface area contributed by atoms with Crippen molar-refractivity contribution >= 4 is 23.9 Å². The van der Waals surface area contributed by atoms with E-state index in [-0.39, 0.29) is 41.8 Å². The first-order valence-corrected chi connectivity index (χ1v) is 13.3. The highest BCUT2D eigenvalue weighted by Crippen LogP contribution is 2.37. The Morgan fingerprint density at radius 3 is 1.76 bits per heavy atom. The number of nitrogens with two attached hydrogens (primary N) is 1. The average Bonchev–Trinajstić information content (AvgIpc) is 2.86. The van der Waals surface area contributed by atoms with Crippen LogP contribution in [0.1, 0.15) is 80.2 Å². The molecule has 0 aliphatic rings. The molecule has 0 bridgehead atoms. The normalized spacial score (nSPS) is 16.2. The van der Waals surface area contributed by atoms with Crippen molar-refractivity contribution in [2.45, 2.75) is 80.7 Å². The lowest BCUT2D eigenvalue weighted by Gasteiger charge is -2.28. The van der Waals surface area contributed by atoms with Crippen LogP contribution in [0.2, 0.25) is 0 Å². The van der Waals surface area contributed by atoms with Crippen LogP contribution in [0.4, 0.5) is 0 Å². The first kappa shape index (κ1) is 33.1. The highest BCUT2D eigenvalue weighted by atomic mass is 16.6. The largest absolute Gasteiger partial charge is 0.480 e. The van der Waals surface area contributed by atoms with Gasteiger partial charge >= 0.3 is 23.9 Å². The van der Waals surface area contributed by atoms with Gasteiger partial charge in [0.15, 0.2) is 11.5 Å². The Bertz CT molecular complexity index is 973. The summed E-state index contributed by atoms with van der Waals surface area (Å²) in [4.78, 5) is 49.6. The third-order valence-electron chi connectivity index (χ3n) is 7.31. The molecule has 38 heavy (non-hydrogen) atoms. The Kier molecular flexibility index (Phi) is 12.9. The zero-order valence-corrected chi connectivity index (χ0v) is 24.1. The van der Waals surface area contributed by atoms with E-state index in [1.807, 2.05) is 34.6 Å². The van der Waals surface area contributed by atoms with Gasteiger partial charge in [0.25, 0.3) is 0 Å². The molecule has 0 fully saturated rings. The van der Waals surface area contributed by atoms with Crippen LogP contribution in [-0.4, -0.2) is 41.6 Å². The summed E-state index contributed by atoms with van der Waals surface area (Å²) >= 11 is 0. The summed E-state index contributed by atoms with van der Waals surface area (Å²) in [6.07, 6.45) is 0.615. The lowest BCUT2D eigenvalue weighted by Crippen LogP contribution is -2.41. The number of benzene rings is 1. The van der Waals surface area contributed by atoms with E-state index < -0.39 is 47.6 Å². The minimum Gasteiger partial charge on any atom is -0.480 e. The Morgan fingerprint density at radius 2 is 1.32 bits per heavy atom. The van der Waals surface area contributed by atoms with E-state index in [2.05, 4.69) is 0 Å². The van der Waals surface area contributed by atoms with Crippen molar-refractivity contribution in [1.29, 1.82) is 0 Å². The molecular weight excluding hydrogens is 490 g/mol. The number of hydrogen-bond acceptors (Lipinski definition) is 8. The first-order chi connectivity index (χ1) is 17.6. The smallest absolute Gasteiger partial charge is 0.321 e. The molecule has 9 heteroatoms. The van der Waals surface area contributed by atoms with Crippen molar-refractivity contribution in [2.24, 2.45) is 41.2 Å². The molecule has 0 saturated heterocycles. The fourth-order valence-corrected chi connectivity index (χ4v) is 3.51. The molecule has 0 aliphatic carbocycles. The summed E-state index contributed by atoms with van der Waals surface area (Å²) in [5.41, 5.74) is 6.53. The number of rotatable bonds is 14. The molecule has 5 unspecified atom stereocenters. The van der Waals surface area contributed by atoms with E-state index in [1.54, 1.807) is 33.8 Å². The van der Waals surface area contributed by atoms with Gasteiger partial charge in [-0.1, -0.05) is 68.4 Å². The van der Waals surface area contributed by atoms with Crippen molar-refractivity contribution < 1.29 is 38.5 Å². The fraction of sp³-hybridized carbons (Fsp3) is 0.655. The lowest BCUT2D eigenvalue weighted by atomic mass is 9.82. The molecule has 1 aromatic rings. The summed E-state index contributed by atoms with van der Waals surface area (Å²) < 4.78 is 16.7. The number of carbonyl (C=O) groups is 4. The highest BCUT2D eigenvalue weighted by molar-refractivity contribution is 5.79. The molecule has 0 heterocycles. The van der Waals surface area contributed by atoms with E-state index in [1.165, 1.54) is 12.1 Å². The van der Waals surface area contributed by atoms with Gasteiger partial charge in [-0.25, -0.2) is 0 Å². The molecule has 1 aromatic carbocycles. The minimum atomic E-state index is -1.33. The average molecular weight is 536 g/mol. The predicted octanol–water partition coefficient (Wildman–Crippen LogP) is 4.80. The third-order valence-corrected chi connectivity index (χ3v) is 7.31. The molecule has 0 aromatic heterocycles. The maximum atomic E-state index is 12.8. The Balaban J connectivity index is 3.48. The predicted molar refractivity (Wildman–Crippen MR) is 144 cm³/mol. The van der Waals surface area contributed by atoms with Crippen LogP contribution < -0.4 is 15.2 Å². The van der Waals surface area contributed by atoms with Gasteiger partial charge in [0.05, 0.1) is 24.4 Å². The fourth-order valence-electron chi connectivity index (χ4n) is 3.51. The second kappa shape index (κ2) is 14.9. The summed E-state index contributed by atoms with van der Waals surface area (Å²) in [6, 6.07) is 3.21. The van der Waals surface area contributed by atoms with Gasteiger partial charge in [0, 0.05) is 5.92 Å². The second-order valence-corrected chi connectivity index (χ2v) is 10.9. The van der Waals surface area contributed by atoms with Crippen LogP contribution in [0.15, 0.2) is 18.2 Å². The number of hydrogen-bond donors (Lipinski definition) is 2. The molecule has 6 atom stereocenters. The van der Waals surface area contributed by atoms with Gasteiger partial charge in [-0.15, -0.1) is 0 Å². The maximum Gasteiger partial charge on any atom is 0.321 e. The Labute approximate surface area is 226 Å². The molecular formula is C29H45NO8. The van der Waals surface area contributed by atoms with Crippen LogP contribution in [-0.2, 0) is 23.9 Å². The molecule has 214 valence electrons. The summed E-state index contributed by atoms with van der Waals surface area (Å²) in [7, 11) is 0. The maximum absolute atomic E-state index is 12.8. The molecule has 3 N–H and O–H groups in total. The van der Waals surface area contributed by atoms with Crippen molar-refractivity contribution in [2.75, 3.05) is 6.61 Å². The number of esters is 3. The Hall–Kier alpha value is -2.94. The van der Waals surface area contributed by atoms with Crippen LogP contribution >= 0.6 is 0 Å². The number of ether oxygens (including phenoxy) is 3. The lowest BCUT2D eigenvalue weighted by molar-refractivity contribution is -0.149. The molecule has 9 nitrogen and oxygen atoms in total. The van der Waals surface area contributed by atoms with Crippen LogP contribution in [0.3, 0.4) is 0 Å². The molecule has 0 amide bonds. The quantitative estimate of drug-likeness (QED) is 0.254. The summed E-state index contributed by atoms with van der Waals surface area (Å²) in [5.74, 6) is -4.92. The van der Waals surface area contributed by atoms with Gasteiger partial charge in [-0.3, -0.25) is 19.2 Å². The van der Waals surface area contributed by atoms with Crippen molar-refractivity contribution in [3.8, 4) is 11.5 Å². The standard InChI is InChI=1S/C29H45NO8/c1-10-17(6)27(33)36-14-18(7)24(25(30)26(31)32)21-11-12-22(37-28(34)19(8)15(2)3)23(13-21)38-29(35)20(9)16(4)5/h11-13,15-20,24-25H,10,14,30H2,1-9H3,(H,31,32)/t17?,18?,19?,20?,24?,25-/m0/s1. The SMILES string of the molecule is CCC(C)C(=O)OCC(C)C(c1ccc(OC(=O)C(C)C(C)C)c(OC(=O)C(C)C(C)C)c1)[C@H](N)C(=O)O. The second-order valence-electron chi connectivity index (χ2n) is 10.9. The number of carboxylic acid groups (broad SMARTS) is 1. The van der Waals surface area contributed by atoms with Crippen LogP contribution in [0.25, 0.3) is 0 Å². The van der Waals surface area contributed by atoms with Gasteiger partial charge in [0.1, 0.15) is 6.04 Å². The molecule has 0 radical (unpaired) electrons. The topological polar surface area (TPSA) is 142 Å². The first-order valence-electron chi connectivity index (χ1n) is 13.3. The number of aliphatic carboxylic acids is 1. The summed E-state index contributed by atoms with van der Waals surface area (Å²) in [6.45, 7) is 16.4. The van der Waals surface area contributed by atoms with Crippen molar-refractivity contribution in [3.05, 3.63) is 23.8 Å². The van der Waals surface area contributed by atoms with E-state index in [0.717, 1.165) is 0 Å². The van der Waals surface area contributed by atoms with E-state index in [9.17, 15) is 24.3 Å². The van der Waals surface area contributed by atoms with Crippen LogP contribution in [0, 0.1) is 35.5 Å². The molecule has 0 saturated carbocycles. The number of carbonyl (C=O) groups excluding carboxylic acids is 3. The van der Waals surface area contributed by atoms with Crippen LogP contribution in [0.5, 0.6) is 11.5 Å². The molecule has 0 spiro atoms. The summed E-state index contributed by atoms with van der Waals surface area (Å²) in [5, 5.41) is 9.71. The minimum absolute atomic E-state index is 0.00399. The third kappa shape index (κ3) is 9.11. The monoisotopic (exact) mass is 535 g/mol. The number of carboxylic acids is 1. The van der Waals surface area contributed by atoms with E-state index in [0.29, 0.717) is 12.0 Å². The molecule has 0 aliphatic heterocycles. The van der Waals surface area contributed by atoms with Crippen molar-refractivity contribution in [3.63, 3.8) is 0 Å². The van der Waals surface area contributed by atoms with Crippen molar-refractivity contribution in [1.82, 2.24) is 0 Å². The van der Waals surface area contributed by atoms with Gasteiger partial charge in [0.2, 0.25) is 0 Å². The molecule has 1 rings (SSSR count). The highest BCUT2D eigenvalue weighted by Gasteiger charge is 2.33. The zero-order chi connectivity index (χ0) is 29.3. The Morgan fingerprint density at radius 1 is 0.816 bits per heavy atom. The van der Waals surface area contributed by atoms with Gasteiger partial charge in [-0.05, 0) is 41.9 Å². The van der Waals surface area contributed by atoms with E-state index in [4.69, 9.17) is 19.9 Å². The van der Waals surface area contributed by atoms with E-state index >= 15 is 0 Å². The van der Waals surface area contributed by atoms with Gasteiger partial charge < -0.3 is 25.1 Å². The van der Waals surface area contributed by atoms with Gasteiger partial charge in [-0.2, -0.15) is 0 Å².